The molecule has 2 amide bonds. The Morgan fingerprint density at radius 1 is 1.14 bits per heavy atom. The van der Waals surface area contributed by atoms with Crippen molar-refractivity contribution in [2.45, 2.75) is 26.3 Å². The molecule has 1 aromatic carbocycles. The fourth-order valence-electron chi connectivity index (χ4n) is 1.79. The van der Waals surface area contributed by atoms with Crippen molar-refractivity contribution >= 4 is 21.8 Å². The molecule has 0 aliphatic rings. The zero-order valence-electron chi connectivity index (χ0n) is 12.3. The predicted octanol–water partition coefficient (Wildman–Crippen LogP) is 0.446. The van der Waals surface area contributed by atoms with Gasteiger partial charge in [0.25, 0.3) is 5.91 Å². The molecule has 116 valence electrons. The summed E-state index contributed by atoms with van der Waals surface area (Å²) in [5.74, 6) is -1.29. The standard InChI is InChI=1S/C14H20N2O4S/c1-10(2)13(14(18)16-21(3,19)20)15-12(17)9-11-7-5-4-6-8-11/h4-8,10,13H,9H2,1-3H3,(H,15,17)(H,16,18). The summed E-state index contributed by atoms with van der Waals surface area (Å²) < 4.78 is 24.1. The first-order valence-corrected chi connectivity index (χ1v) is 8.43. The minimum atomic E-state index is -3.65. The maximum Gasteiger partial charge on any atom is 0.256 e. The molecular formula is C14H20N2O4S. The molecule has 0 spiro atoms. The number of benzene rings is 1. The lowest BCUT2D eigenvalue weighted by Gasteiger charge is -2.21. The van der Waals surface area contributed by atoms with Crippen LogP contribution in [0.15, 0.2) is 30.3 Å². The van der Waals surface area contributed by atoms with Crippen molar-refractivity contribution in [2.24, 2.45) is 5.92 Å². The lowest BCUT2D eigenvalue weighted by atomic mass is 10.0. The zero-order chi connectivity index (χ0) is 16.0. The number of nitrogens with one attached hydrogen (secondary N) is 2. The summed E-state index contributed by atoms with van der Waals surface area (Å²) in [4.78, 5) is 23.8. The number of sulfonamides is 1. The Labute approximate surface area is 125 Å². The van der Waals surface area contributed by atoms with Crippen LogP contribution in [-0.4, -0.2) is 32.5 Å². The Morgan fingerprint density at radius 2 is 1.71 bits per heavy atom. The molecule has 1 rings (SSSR count). The first kappa shape index (κ1) is 17.2. The van der Waals surface area contributed by atoms with Crippen LogP contribution in [0.2, 0.25) is 0 Å². The molecule has 7 heteroatoms. The van der Waals surface area contributed by atoms with Crippen LogP contribution in [0.4, 0.5) is 0 Å². The summed E-state index contributed by atoms with van der Waals surface area (Å²) in [5, 5.41) is 2.57. The Balaban J connectivity index is 2.70. The molecule has 2 N–H and O–H groups in total. The highest BCUT2D eigenvalue weighted by Gasteiger charge is 2.26. The first-order chi connectivity index (χ1) is 9.69. The van der Waals surface area contributed by atoms with Crippen LogP contribution in [0.5, 0.6) is 0 Å². The molecule has 0 saturated heterocycles. The Bertz CT molecular complexity index is 597. The summed E-state index contributed by atoms with van der Waals surface area (Å²) in [5.41, 5.74) is 0.820. The van der Waals surface area contributed by atoms with Gasteiger partial charge in [-0.1, -0.05) is 44.2 Å². The number of amides is 2. The van der Waals surface area contributed by atoms with Crippen LogP contribution in [0.1, 0.15) is 19.4 Å². The maximum atomic E-state index is 12.0. The first-order valence-electron chi connectivity index (χ1n) is 6.54. The van der Waals surface area contributed by atoms with Gasteiger partial charge >= 0.3 is 0 Å². The summed E-state index contributed by atoms with van der Waals surface area (Å²) in [6.45, 7) is 3.46. The van der Waals surface area contributed by atoms with E-state index in [9.17, 15) is 18.0 Å². The summed E-state index contributed by atoms with van der Waals surface area (Å²) >= 11 is 0. The van der Waals surface area contributed by atoms with Gasteiger partial charge in [0.05, 0.1) is 12.7 Å². The summed E-state index contributed by atoms with van der Waals surface area (Å²) in [7, 11) is -3.65. The van der Waals surface area contributed by atoms with E-state index < -0.39 is 22.0 Å². The summed E-state index contributed by atoms with van der Waals surface area (Å²) in [6.07, 6.45) is 1.03. The van der Waals surface area contributed by atoms with Gasteiger partial charge in [-0.25, -0.2) is 8.42 Å². The molecule has 0 bridgehead atoms. The van der Waals surface area contributed by atoms with Crippen molar-refractivity contribution in [2.75, 3.05) is 6.26 Å². The molecular weight excluding hydrogens is 292 g/mol. The minimum Gasteiger partial charge on any atom is -0.344 e. The largest absolute Gasteiger partial charge is 0.344 e. The van der Waals surface area contributed by atoms with E-state index in [1.807, 2.05) is 22.9 Å². The summed E-state index contributed by atoms with van der Waals surface area (Å²) in [6, 6.07) is 8.20. The molecule has 6 nitrogen and oxygen atoms in total. The highest BCUT2D eigenvalue weighted by Crippen LogP contribution is 2.05. The van der Waals surface area contributed by atoms with Crippen LogP contribution in [0.25, 0.3) is 0 Å². The second-order valence-electron chi connectivity index (χ2n) is 5.19. The fourth-order valence-corrected chi connectivity index (χ4v) is 2.28. The van der Waals surface area contributed by atoms with E-state index in [2.05, 4.69) is 5.32 Å². The number of rotatable bonds is 6. The minimum absolute atomic E-state index is 0.135. The number of carbonyl (C=O) groups is 2. The van der Waals surface area contributed by atoms with E-state index in [4.69, 9.17) is 0 Å². The van der Waals surface area contributed by atoms with Crippen LogP contribution in [0.3, 0.4) is 0 Å². The molecule has 21 heavy (non-hydrogen) atoms. The van der Waals surface area contributed by atoms with Crippen molar-refractivity contribution in [1.29, 1.82) is 0 Å². The Hall–Kier alpha value is -1.89. The van der Waals surface area contributed by atoms with Gasteiger partial charge in [-0.05, 0) is 11.5 Å². The highest BCUT2D eigenvalue weighted by molar-refractivity contribution is 7.89. The number of hydrogen-bond acceptors (Lipinski definition) is 4. The number of carbonyl (C=O) groups excluding carboxylic acids is 2. The Morgan fingerprint density at radius 3 is 2.19 bits per heavy atom. The van der Waals surface area contributed by atoms with E-state index in [0.29, 0.717) is 0 Å². The van der Waals surface area contributed by atoms with Gasteiger partial charge in [-0.2, -0.15) is 0 Å². The van der Waals surface area contributed by atoms with E-state index >= 15 is 0 Å². The van der Waals surface area contributed by atoms with Gasteiger partial charge in [0, 0.05) is 0 Å². The van der Waals surface area contributed by atoms with Gasteiger partial charge in [-0.3, -0.25) is 14.3 Å². The van der Waals surface area contributed by atoms with Crippen molar-refractivity contribution in [1.82, 2.24) is 10.0 Å². The molecule has 0 aliphatic heterocycles. The molecule has 0 aromatic heterocycles. The van der Waals surface area contributed by atoms with Gasteiger partial charge in [0.15, 0.2) is 0 Å². The second kappa shape index (κ2) is 7.21. The lowest BCUT2D eigenvalue weighted by Crippen LogP contribution is -2.51. The fraction of sp³-hybridized carbons (Fsp3) is 0.429. The van der Waals surface area contributed by atoms with E-state index in [1.54, 1.807) is 26.0 Å². The molecule has 1 aromatic rings. The van der Waals surface area contributed by atoms with Crippen LogP contribution in [0, 0.1) is 5.92 Å². The second-order valence-corrected chi connectivity index (χ2v) is 6.94. The maximum absolute atomic E-state index is 12.0. The number of hydrogen-bond donors (Lipinski definition) is 2. The average molecular weight is 312 g/mol. The van der Waals surface area contributed by atoms with Crippen molar-refractivity contribution in [3.05, 3.63) is 35.9 Å². The SMILES string of the molecule is CC(C)C(NC(=O)Cc1ccccc1)C(=O)NS(C)(=O)=O. The van der Waals surface area contributed by atoms with Gasteiger partial charge in [0.2, 0.25) is 15.9 Å². The molecule has 0 saturated carbocycles. The van der Waals surface area contributed by atoms with Crippen LogP contribution < -0.4 is 10.0 Å². The lowest BCUT2D eigenvalue weighted by molar-refractivity contribution is -0.128. The van der Waals surface area contributed by atoms with Gasteiger partial charge < -0.3 is 5.32 Å². The quantitative estimate of drug-likeness (QED) is 0.797. The molecule has 1 atom stereocenters. The van der Waals surface area contributed by atoms with E-state index in [1.165, 1.54) is 0 Å². The normalized spacial score (nSPS) is 12.8. The third-order valence-electron chi connectivity index (χ3n) is 2.76. The average Bonchev–Trinajstić information content (AvgIpc) is 2.34. The monoisotopic (exact) mass is 312 g/mol. The van der Waals surface area contributed by atoms with Gasteiger partial charge in [0.1, 0.15) is 6.04 Å². The van der Waals surface area contributed by atoms with Crippen molar-refractivity contribution < 1.29 is 18.0 Å². The van der Waals surface area contributed by atoms with Crippen molar-refractivity contribution in [3.8, 4) is 0 Å². The molecule has 0 fully saturated rings. The smallest absolute Gasteiger partial charge is 0.256 e. The molecule has 0 heterocycles. The third kappa shape index (κ3) is 6.40. The highest BCUT2D eigenvalue weighted by atomic mass is 32.2. The van der Waals surface area contributed by atoms with Crippen LogP contribution in [-0.2, 0) is 26.0 Å². The van der Waals surface area contributed by atoms with Crippen molar-refractivity contribution in [3.63, 3.8) is 0 Å². The predicted molar refractivity (Wildman–Crippen MR) is 79.9 cm³/mol. The van der Waals surface area contributed by atoms with Gasteiger partial charge in [-0.15, -0.1) is 0 Å². The van der Waals surface area contributed by atoms with E-state index in [-0.39, 0.29) is 18.2 Å². The Kier molecular flexibility index (Phi) is 5.90. The molecule has 1 unspecified atom stereocenters. The third-order valence-corrected chi connectivity index (χ3v) is 3.33. The topological polar surface area (TPSA) is 92.3 Å². The zero-order valence-corrected chi connectivity index (χ0v) is 13.1. The molecule has 0 aliphatic carbocycles. The molecule has 0 radical (unpaired) electrons. The van der Waals surface area contributed by atoms with Crippen LogP contribution >= 0.6 is 0 Å². The van der Waals surface area contributed by atoms with E-state index in [0.717, 1.165) is 11.8 Å².